The lowest BCUT2D eigenvalue weighted by Gasteiger charge is -2.09. The van der Waals surface area contributed by atoms with E-state index in [9.17, 15) is 4.79 Å². The molecule has 3 N–H and O–H groups in total. The van der Waals surface area contributed by atoms with Gasteiger partial charge in [0.1, 0.15) is 16.8 Å². The van der Waals surface area contributed by atoms with Crippen LogP contribution in [0.2, 0.25) is 5.02 Å². The summed E-state index contributed by atoms with van der Waals surface area (Å²) < 4.78 is 5.34. The summed E-state index contributed by atoms with van der Waals surface area (Å²) in [5.74, 6) is 0.629. The summed E-state index contributed by atoms with van der Waals surface area (Å²) in [7, 11) is 1.58. The number of halogens is 1. The molecule has 0 aliphatic heterocycles. The molecule has 0 saturated carbocycles. The lowest BCUT2D eigenvalue weighted by molar-refractivity contribution is 0.419. The SMILES string of the molecule is COc1cc(NCc2cc3cc(Cl)ccc3[nH]c2=O)cc2nn[nH]c12. The van der Waals surface area contributed by atoms with Gasteiger partial charge in [-0.15, -0.1) is 5.10 Å². The molecule has 0 fully saturated rings. The van der Waals surface area contributed by atoms with Gasteiger partial charge in [0, 0.05) is 39.8 Å². The minimum Gasteiger partial charge on any atom is -0.494 e. The van der Waals surface area contributed by atoms with Crippen LogP contribution < -0.4 is 15.6 Å². The predicted octanol–water partition coefficient (Wildman–Crippen LogP) is 3.07. The van der Waals surface area contributed by atoms with E-state index in [-0.39, 0.29) is 5.56 Å². The zero-order valence-corrected chi connectivity index (χ0v) is 14.0. The lowest BCUT2D eigenvalue weighted by Crippen LogP contribution is -2.15. The molecule has 0 radical (unpaired) electrons. The van der Waals surface area contributed by atoms with Crippen molar-refractivity contribution in [2.24, 2.45) is 0 Å². The van der Waals surface area contributed by atoms with E-state index in [1.165, 1.54) is 0 Å². The summed E-state index contributed by atoms with van der Waals surface area (Å²) >= 11 is 6.02. The maximum absolute atomic E-state index is 12.3. The van der Waals surface area contributed by atoms with E-state index in [4.69, 9.17) is 16.3 Å². The van der Waals surface area contributed by atoms with Crippen LogP contribution in [0.15, 0.2) is 41.2 Å². The number of methoxy groups -OCH3 is 1. The fraction of sp³-hybridized carbons (Fsp3) is 0.118. The average Bonchev–Trinajstić information content (AvgIpc) is 3.08. The van der Waals surface area contributed by atoms with Crippen LogP contribution in [-0.2, 0) is 6.54 Å². The highest BCUT2D eigenvalue weighted by Crippen LogP contribution is 2.27. The number of hydrogen-bond acceptors (Lipinski definition) is 5. The first-order chi connectivity index (χ1) is 12.1. The van der Waals surface area contributed by atoms with Gasteiger partial charge in [-0.2, -0.15) is 0 Å². The van der Waals surface area contributed by atoms with Gasteiger partial charge in [-0.3, -0.25) is 9.89 Å². The number of H-pyrrole nitrogens is 2. The summed E-state index contributed by atoms with van der Waals surface area (Å²) in [5.41, 5.74) is 3.41. The minimum atomic E-state index is -0.142. The standard InChI is InChI=1S/C17H14ClN5O2/c1-25-15-7-12(6-14-16(15)22-23-21-14)19-8-10-4-9-5-11(18)2-3-13(9)20-17(10)24/h2-7,19H,8H2,1H3,(H,20,24)(H,21,22,23). The van der Waals surface area contributed by atoms with Crippen LogP contribution in [0.1, 0.15) is 5.56 Å². The Bertz CT molecular complexity index is 1130. The number of aromatic nitrogens is 4. The second-order valence-electron chi connectivity index (χ2n) is 5.59. The summed E-state index contributed by atoms with van der Waals surface area (Å²) in [6.45, 7) is 0.351. The third-order valence-electron chi connectivity index (χ3n) is 3.99. The van der Waals surface area contributed by atoms with Crippen molar-refractivity contribution in [3.05, 3.63) is 57.3 Å². The van der Waals surface area contributed by atoms with Crippen LogP contribution in [0.5, 0.6) is 5.75 Å². The van der Waals surface area contributed by atoms with Crippen molar-refractivity contribution >= 4 is 39.2 Å². The average molecular weight is 356 g/mol. The van der Waals surface area contributed by atoms with E-state index in [1.54, 1.807) is 19.2 Å². The molecule has 4 aromatic rings. The van der Waals surface area contributed by atoms with E-state index in [1.807, 2.05) is 24.3 Å². The molecule has 0 saturated heterocycles. The molecule has 0 amide bonds. The highest BCUT2D eigenvalue weighted by Gasteiger charge is 2.09. The zero-order chi connectivity index (χ0) is 17.4. The number of anilines is 1. The summed E-state index contributed by atoms with van der Waals surface area (Å²) in [4.78, 5) is 15.1. The number of pyridine rings is 1. The van der Waals surface area contributed by atoms with Crippen molar-refractivity contribution in [2.75, 3.05) is 12.4 Å². The maximum Gasteiger partial charge on any atom is 0.253 e. The monoisotopic (exact) mass is 355 g/mol. The number of aromatic amines is 2. The van der Waals surface area contributed by atoms with Crippen LogP contribution in [0.3, 0.4) is 0 Å². The third-order valence-corrected chi connectivity index (χ3v) is 4.22. The Morgan fingerprint density at radius 1 is 1.24 bits per heavy atom. The molecule has 2 aromatic heterocycles. The summed E-state index contributed by atoms with van der Waals surface area (Å²) in [5, 5.41) is 15.3. The van der Waals surface area contributed by atoms with E-state index in [2.05, 4.69) is 25.7 Å². The predicted molar refractivity (Wildman–Crippen MR) is 97.3 cm³/mol. The van der Waals surface area contributed by atoms with Crippen LogP contribution in [0.25, 0.3) is 21.9 Å². The van der Waals surface area contributed by atoms with Crippen LogP contribution in [-0.4, -0.2) is 27.5 Å². The minimum absolute atomic E-state index is 0.142. The fourth-order valence-corrected chi connectivity index (χ4v) is 2.92. The molecule has 0 unspecified atom stereocenters. The largest absolute Gasteiger partial charge is 0.494 e. The van der Waals surface area contributed by atoms with E-state index in [0.717, 1.165) is 22.1 Å². The molecule has 25 heavy (non-hydrogen) atoms. The van der Waals surface area contributed by atoms with Gasteiger partial charge in [0.2, 0.25) is 0 Å². The van der Waals surface area contributed by atoms with Crippen molar-refractivity contribution in [3.63, 3.8) is 0 Å². The number of fused-ring (bicyclic) bond motifs is 2. The Morgan fingerprint density at radius 2 is 2.12 bits per heavy atom. The molecule has 0 bridgehead atoms. The van der Waals surface area contributed by atoms with Gasteiger partial charge >= 0.3 is 0 Å². The van der Waals surface area contributed by atoms with Gasteiger partial charge in [0.25, 0.3) is 5.56 Å². The molecule has 0 aliphatic carbocycles. The molecular weight excluding hydrogens is 342 g/mol. The normalized spacial score (nSPS) is 11.1. The molecule has 126 valence electrons. The number of benzene rings is 2. The topological polar surface area (TPSA) is 95.7 Å². The maximum atomic E-state index is 12.3. The van der Waals surface area contributed by atoms with E-state index in [0.29, 0.717) is 28.4 Å². The molecule has 7 nitrogen and oxygen atoms in total. The van der Waals surface area contributed by atoms with E-state index >= 15 is 0 Å². The smallest absolute Gasteiger partial charge is 0.253 e. The molecule has 8 heteroatoms. The number of hydrogen-bond donors (Lipinski definition) is 3. The second kappa shape index (κ2) is 6.10. The Balaban J connectivity index is 1.66. The zero-order valence-electron chi connectivity index (χ0n) is 13.3. The van der Waals surface area contributed by atoms with Crippen molar-refractivity contribution in [3.8, 4) is 5.75 Å². The molecule has 2 aromatic carbocycles. The van der Waals surface area contributed by atoms with Crippen LogP contribution in [0, 0.1) is 0 Å². The van der Waals surface area contributed by atoms with Crippen molar-refractivity contribution in [1.29, 1.82) is 0 Å². The highest BCUT2D eigenvalue weighted by atomic mass is 35.5. The van der Waals surface area contributed by atoms with Crippen molar-refractivity contribution < 1.29 is 4.74 Å². The highest BCUT2D eigenvalue weighted by molar-refractivity contribution is 6.31. The Hall–Kier alpha value is -3.06. The first-order valence-electron chi connectivity index (χ1n) is 7.58. The Labute approximate surface area is 147 Å². The Kier molecular flexibility index (Phi) is 3.77. The first kappa shape index (κ1) is 15.5. The van der Waals surface area contributed by atoms with Gasteiger partial charge in [-0.1, -0.05) is 16.8 Å². The van der Waals surface area contributed by atoms with Crippen LogP contribution >= 0.6 is 11.6 Å². The molecule has 0 aliphatic rings. The van der Waals surface area contributed by atoms with E-state index < -0.39 is 0 Å². The van der Waals surface area contributed by atoms with Gasteiger partial charge in [0.05, 0.1) is 7.11 Å². The lowest BCUT2D eigenvalue weighted by atomic mass is 10.1. The molecule has 0 atom stereocenters. The number of nitrogens with one attached hydrogen (secondary N) is 3. The number of rotatable bonds is 4. The van der Waals surface area contributed by atoms with Crippen molar-refractivity contribution in [2.45, 2.75) is 6.54 Å². The molecule has 0 spiro atoms. The number of nitrogens with zero attached hydrogens (tertiary/aromatic N) is 2. The van der Waals surface area contributed by atoms with Gasteiger partial charge in [0.15, 0.2) is 0 Å². The third kappa shape index (κ3) is 2.89. The summed E-state index contributed by atoms with van der Waals surface area (Å²) in [6.07, 6.45) is 0. The Morgan fingerprint density at radius 3 is 2.96 bits per heavy atom. The fourth-order valence-electron chi connectivity index (χ4n) is 2.74. The van der Waals surface area contributed by atoms with Gasteiger partial charge < -0.3 is 15.0 Å². The van der Waals surface area contributed by atoms with Crippen molar-refractivity contribution in [1.82, 2.24) is 20.4 Å². The molecule has 4 rings (SSSR count). The quantitative estimate of drug-likeness (QED) is 0.523. The van der Waals surface area contributed by atoms with Crippen LogP contribution in [0.4, 0.5) is 5.69 Å². The molecule has 2 heterocycles. The summed E-state index contributed by atoms with van der Waals surface area (Å²) in [6, 6.07) is 10.9. The molecular formula is C17H14ClN5O2. The second-order valence-corrected chi connectivity index (χ2v) is 6.03. The van der Waals surface area contributed by atoms with Gasteiger partial charge in [-0.25, -0.2) is 0 Å². The number of ether oxygens (including phenoxy) is 1. The van der Waals surface area contributed by atoms with Gasteiger partial charge in [-0.05, 0) is 30.3 Å². The first-order valence-corrected chi connectivity index (χ1v) is 7.96.